The van der Waals surface area contributed by atoms with E-state index in [1.165, 1.54) is 0 Å². The van der Waals surface area contributed by atoms with Crippen molar-refractivity contribution >= 4 is 22.5 Å². The Morgan fingerprint density at radius 2 is 1.82 bits per heavy atom. The molecule has 0 atom stereocenters. The van der Waals surface area contributed by atoms with Crippen molar-refractivity contribution in [1.82, 2.24) is 4.90 Å². The van der Waals surface area contributed by atoms with Gasteiger partial charge in [0.2, 0.25) is 0 Å². The van der Waals surface area contributed by atoms with Crippen LogP contribution in [0.25, 0.3) is 10.8 Å². The summed E-state index contributed by atoms with van der Waals surface area (Å²) in [7, 11) is 0. The van der Waals surface area contributed by atoms with Gasteiger partial charge in [-0.3, -0.25) is 0 Å². The number of unbranched alkanes of at least 4 members (excludes halogenated alkanes) is 1. The van der Waals surface area contributed by atoms with Crippen LogP contribution in [0, 0.1) is 0 Å². The van der Waals surface area contributed by atoms with Gasteiger partial charge in [-0.1, -0.05) is 49.7 Å². The lowest BCUT2D eigenvalue weighted by Gasteiger charge is -2.23. The average Bonchev–Trinajstić information content (AvgIpc) is 2.55. The fourth-order valence-electron chi connectivity index (χ4n) is 2.45. The summed E-state index contributed by atoms with van der Waals surface area (Å²) < 4.78 is 0. The number of urea groups is 1. The van der Waals surface area contributed by atoms with Crippen molar-refractivity contribution in [3.8, 4) is 0 Å². The molecule has 22 heavy (non-hydrogen) atoms. The molecule has 0 saturated heterocycles. The molecular formula is C18H24N2O2. The molecule has 4 heteroatoms. The first-order valence-corrected chi connectivity index (χ1v) is 7.90. The standard InChI is InChI=1S/C18H24N2O2/c1-2-3-12-20(13-7-14-21)18(22)19-17-11-6-9-15-8-4-5-10-16(15)17/h4-6,8-11,21H,2-3,7,12-14H2,1H3,(H,19,22). The van der Waals surface area contributed by atoms with Crippen LogP contribution in [-0.4, -0.2) is 35.7 Å². The van der Waals surface area contributed by atoms with Crippen LogP contribution < -0.4 is 5.32 Å². The number of benzene rings is 2. The van der Waals surface area contributed by atoms with Crippen LogP contribution in [0.3, 0.4) is 0 Å². The summed E-state index contributed by atoms with van der Waals surface area (Å²) in [5, 5.41) is 14.1. The van der Waals surface area contributed by atoms with E-state index < -0.39 is 0 Å². The van der Waals surface area contributed by atoms with Crippen molar-refractivity contribution in [3.63, 3.8) is 0 Å². The summed E-state index contributed by atoms with van der Waals surface area (Å²) in [6.45, 7) is 3.50. The van der Waals surface area contributed by atoms with E-state index >= 15 is 0 Å². The second-order valence-electron chi connectivity index (χ2n) is 5.37. The van der Waals surface area contributed by atoms with Crippen molar-refractivity contribution in [1.29, 1.82) is 0 Å². The molecule has 0 aromatic heterocycles. The van der Waals surface area contributed by atoms with E-state index in [0.29, 0.717) is 19.5 Å². The Balaban J connectivity index is 2.13. The third-order valence-corrected chi connectivity index (χ3v) is 3.69. The summed E-state index contributed by atoms with van der Waals surface area (Å²) in [6, 6.07) is 13.8. The third kappa shape index (κ3) is 4.21. The van der Waals surface area contributed by atoms with E-state index in [1.54, 1.807) is 4.90 Å². The fraction of sp³-hybridized carbons (Fsp3) is 0.389. The van der Waals surface area contributed by atoms with Crippen LogP contribution in [-0.2, 0) is 0 Å². The van der Waals surface area contributed by atoms with Gasteiger partial charge in [0.1, 0.15) is 0 Å². The normalized spacial score (nSPS) is 10.6. The van der Waals surface area contributed by atoms with E-state index in [9.17, 15) is 4.79 Å². The number of carbonyl (C=O) groups is 1. The van der Waals surface area contributed by atoms with Crippen LogP contribution >= 0.6 is 0 Å². The van der Waals surface area contributed by atoms with Gasteiger partial charge in [0.25, 0.3) is 0 Å². The molecule has 0 spiro atoms. The zero-order chi connectivity index (χ0) is 15.8. The van der Waals surface area contributed by atoms with Crippen molar-refractivity contribution in [2.45, 2.75) is 26.2 Å². The second-order valence-corrected chi connectivity index (χ2v) is 5.37. The maximum atomic E-state index is 12.5. The molecule has 118 valence electrons. The Labute approximate surface area is 131 Å². The van der Waals surface area contributed by atoms with Gasteiger partial charge in [-0.2, -0.15) is 0 Å². The minimum Gasteiger partial charge on any atom is -0.396 e. The summed E-state index contributed by atoms with van der Waals surface area (Å²) in [5.74, 6) is 0. The maximum Gasteiger partial charge on any atom is 0.321 e. The summed E-state index contributed by atoms with van der Waals surface area (Å²) >= 11 is 0. The number of aliphatic hydroxyl groups is 1. The molecule has 0 saturated carbocycles. The number of carbonyl (C=O) groups excluding carboxylic acids is 1. The lowest BCUT2D eigenvalue weighted by atomic mass is 10.1. The molecule has 0 radical (unpaired) electrons. The molecule has 0 unspecified atom stereocenters. The van der Waals surface area contributed by atoms with Crippen molar-refractivity contribution in [2.24, 2.45) is 0 Å². The second kappa shape index (κ2) is 8.39. The number of hydrogen-bond acceptors (Lipinski definition) is 2. The first-order chi connectivity index (χ1) is 10.8. The summed E-state index contributed by atoms with van der Waals surface area (Å²) in [5.41, 5.74) is 0.827. The van der Waals surface area contributed by atoms with E-state index in [4.69, 9.17) is 5.11 Å². The summed E-state index contributed by atoms with van der Waals surface area (Å²) in [6.07, 6.45) is 2.61. The van der Waals surface area contributed by atoms with Gasteiger partial charge in [-0.15, -0.1) is 0 Å². The van der Waals surface area contributed by atoms with Crippen LogP contribution in [0.1, 0.15) is 26.2 Å². The van der Waals surface area contributed by atoms with E-state index in [-0.39, 0.29) is 12.6 Å². The number of aliphatic hydroxyl groups excluding tert-OH is 1. The Hall–Kier alpha value is -2.07. The van der Waals surface area contributed by atoms with Gasteiger partial charge in [-0.25, -0.2) is 4.79 Å². The molecule has 0 aliphatic heterocycles. The largest absolute Gasteiger partial charge is 0.396 e. The lowest BCUT2D eigenvalue weighted by molar-refractivity contribution is 0.201. The van der Waals surface area contributed by atoms with Gasteiger partial charge in [-0.05, 0) is 24.3 Å². The van der Waals surface area contributed by atoms with Gasteiger partial charge in [0.05, 0.1) is 5.69 Å². The first kappa shape index (κ1) is 16.3. The highest BCUT2D eigenvalue weighted by atomic mass is 16.3. The highest BCUT2D eigenvalue weighted by Crippen LogP contribution is 2.23. The zero-order valence-corrected chi connectivity index (χ0v) is 13.1. The van der Waals surface area contributed by atoms with Crippen molar-refractivity contribution in [3.05, 3.63) is 42.5 Å². The SMILES string of the molecule is CCCCN(CCCO)C(=O)Nc1cccc2ccccc12. The van der Waals surface area contributed by atoms with Crippen molar-refractivity contribution in [2.75, 3.05) is 25.0 Å². The fourth-order valence-corrected chi connectivity index (χ4v) is 2.45. The van der Waals surface area contributed by atoms with Gasteiger partial charge < -0.3 is 15.3 Å². The number of fused-ring (bicyclic) bond motifs is 1. The van der Waals surface area contributed by atoms with Crippen molar-refractivity contribution < 1.29 is 9.90 Å². The molecule has 2 aromatic carbocycles. The molecule has 2 N–H and O–H groups in total. The minimum atomic E-state index is -0.0988. The monoisotopic (exact) mass is 300 g/mol. The lowest BCUT2D eigenvalue weighted by Crippen LogP contribution is -2.36. The Morgan fingerprint density at radius 3 is 2.59 bits per heavy atom. The minimum absolute atomic E-state index is 0.0988. The Bertz CT molecular complexity index is 600. The third-order valence-electron chi connectivity index (χ3n) is 3.69. The van der Waals surface area contributed by atoms with Crippen LogP contribution in [0.5, 0.6) is 0 Å². The molecule has 2 amide bonds. The number of anilines is 1. The quantitative estimate of drug-likeness (QED) is 0.816. The molecule has 0 heterocycles. The summed E-state index contributed by atoms with van der Waals surface area (Å²) in [4.78, 5) is 14.3. The number of nitrogens with zero attached hydrogens (tertiary/aromatic N) is 1. The van der Waals surface area contributed by atoms with Crippen LogP contribution in [0.2, 0.25) is 0 Å². The number of nitrogens with one attached hydrogen (secondary N) is 1. The molecule has 4 nitrogen and oxygen atoms in total. The molecular weight excluding hydrogens is 276 g/mol. The first-order valence-electron chi connectivity index (χ1n) is 7.90. The number of rotatable bonds is 7. The maximum absolute atomic E-state index is 12.5. The smallest absolute Gasteiger partial charge is 0.321 e. The number of amides is 2. The molecule has 0 fully saturated rings. The average molecular weight is 300 g/mol. The Kier molecular flexibility index (Phi) is 6.22. The van der Waals surface area contributed by atoms with Gasteiger partial charge >= 0.3 is 6.03 Å². The molecule has 0 bridgehead atoms. The van der Waals surface area contributed by atoms with E-state index in [0.717, 1.165) is 29.3 Å². The van der Waals surface area contributed by atoms with Gasteiger partial charge in [0, 0.05) is 25.1 Å². The highest BCUT2D eigenvalue weighted by Gasteiger charge is 2.13. The van der Waals surface area contributed by atoms with E-state index in [2.05, 4.69) is 12.2 Å². The topological polar surface area (TPSA) is 52.6 Å². The molecule has 2 aromatic rings. The van der Waals surface area contributed by atoms with E-state index in [1.807, 2.05) is 42.5 Å². The van der Waals surface area contributed by atoms with Crippen LogP contribution in [0.15, 0.2) is 42.5 Å². The molecule has 0 aliphatic carbocycles. The molecule has 2 rings (SSSR count). The number of hydrogen-bond donors (Lipinski definition) is 2. The molecule has 0 aliphatic rings. The zero-order valence-electron chi connectivity index (χ0n) is 13.1. The predicted octanol–water partition coefficient (Wildman–Crippen LogP) is 3.86. The predicted molar refractivity (Wildman–Crippen MR) is 91.2 cm³/mol. The highest BCUT2D eigenvalue weighted by molar-refractivity contribution is 6.01. The van der Waals surface area contributed by atoms with Gasteiger partial charge in [0.15, 0.2) is 0 Å². The van der Waals surface area contributed by atoms with Crippen LogP contribution in [0.4, 0.5) is 10.5 Å². The Morgan fingerprint density at radius 1 is 1.09 bits per heavy atom.